The first-order valence-corrected chi connectivity index (χ1v) is 8.56. The van der Waals surface area contributed by atoms with Crippen molar-refractivity contribution in [3.8, 4) is 12.1 Å². The maximum atomic E-state index is 10.3. The van der Waals surface area contributed by atoms with Crippen LogP contribution in [0.15, 0.2) is 6.07 Å². The van der Waals surface area contributed by atoms with Crippen LogP contribution in [-0.4, -0.2) is 53.5 Å². The summed E-state index contributed by atoms with van der Waals surface area (Å²) >= 11 is 6.11. The molecule has 1 unspecified atom stereocenters. The van der Waals surface area contributed by atoms with Crippen LogP contribution in [0.25, 0.3) is 0 Å². The van der Waals surface area contributed by atoms with Crippen LogP contribution in [0.5, 0.6) is 6.01 Å². The Morgan fingerprint density at radius 3 is 3.00 bits per heavy atom. The van der Waals surface area contributed by atoms with E-state index in [1.165, 1.54) is 0 Å². The molecule has 1 aromatic heterocycles. The van der Waals surface area contributed by atoms with E-state index in [9.17, 15) is 10.4 Å². The topological polar surface area (TPSA) is 94.3 Å². The van der Waals surface area contributed by atoms with E-state index < -0.39 is 11.0 Å². The molecule has 3 heterocycles. The molecule has 130 valence electrons. The summed E-state index contributed by atoms with van der Waals surface area (Å²) in [7, 11) is 0. The van der Waals surface area contributed by atoms with Crippen LogP contribution < -0.4 is 15.0 Å². The van der Waals surface area contributed by atoms with Crippen LogP contribution in [0.3, 0.4) is 0 Å². The molecule has 0 aliphatic carbocycles. The van der Waals surface area contributed by atoms with Gasteiger partial charge in [-0.1, -0.05) is 11.6 Å². The van der Waals surface area contributed by atoms with E-state index in [4.69, 9.17) is 16.3 Å². The van der Waals surface area contributed by atoms with Crippen molar-refractivity contribution in [1.29, 1.82) is 5.26 Å². The van der Waals surface area contributed by atoms with Gasteiger partial charge < -0.3 is 20.1 Å². The number of aliphatic hydroxyl groups is 1. The zero-order valence-corrected chi connectivity index (χ0v) is 14.5. The lowest BCUT2D eigenvalue weighted by Crippen LogP contribution is -2.46. The summed E-state index contributed by atoms with van der Waals surface area (Å²) < 4.78 is 5.69. The number of hydrogen-bond donors (Lipinski definition) is 2. The van der Waals surface area contributed by atoms with E-state index >= 15 is 0 Å². The highest BCUT2D eigenvalue weighted by molar-refractivity contribution is 6.29. The smallest absolute Gasteiger partial charge is 0.319 e. The maximum absolute atomic E-state index is 10.3. The maximum Gasteiger partial charge on any atom is 0.319 e. The highest BCUT2D eigenvalue weighted by Gasteiger charge is 2.35. The quantitative estimate of drug-likeness (QED) is 0.791. The monoisotopic (exact) mass is 351 g/mol. The predicted octanol–water partition coefficient (Wildman–Crippen LogP) is 1.36. The number of hydrogen-bond acceptors (Lipinski definition) is 7. The number of nitrogens with zero attached hydrogens (tertiary/aromatic N) is 4. The highest BCUT2D eigenvalue weighted by Crippen LogP contribution is 2.28. The van der Waals surface area contributed by atoms with E-state index in [-0.39, 0.29) is 17.8 Å². The summed E-state index contributed by atoms with van der Waals surface area (Å²) in [5.41, 5.74) is -1.28. The van der Waals surface area contributed by atoms with Gasteiger partial charge in [0.1, 0.15) is 23.0 Å². The summed E-state index contributed by atoms with van der Waals surface area (Å²) in [4.78, 5) is 10.5. The fraction of sp³-hybridized carbons (Fsp3) is 0.688. The Labute approximate surface area is 146 Å². The SMILES string of the molecule is C[C@@]1(O)CCCN(c2cc(Cl)nc(OCC3(C#N)CCNC3)n2)C1. The molecule has 2 N–H and O–H groups in total. The van der Waals surface area contributed by atoms with Gasteiger partial charge in [-0.2, -0.15) is 15.2 Å². The summed E-state index contributed by atoms with van der Waals surface area (Å²) in [5.74, 6) is 0.639. The number of ether oxygens (including phenoxy) is 1. The molecule has 0 amide bonds. The van der Waals surface area contributed by atoms with Gasteiger partial charge in [0.2, 0.25) is 0 Å². The molecule has 2 saturated heterocycles. The highest BCUT2D eigenvalue weighted by atomic mass is 35.5. The minimum Gasteiger partial charge on any atom is -0.462 e. The van der Waals surface area contributed by atoms with Crippen LogP contribution in [0.2, 0.25) is 5.15 Å². The molecule has 0 radical (unpaired) electrons. The lowest BCUT2D eigenvalue weighted by Gasteiger charge is -2.37. The van der Waals surface area contributed by atoms with E-state index in [0.29, 0.717) is 18.9 Å². The van der Waals surface area contributed by atoms with Gasteiger partial charge in [-0.3, -0.25) is 0 Å². The molecule has 1 aromatic rings. The molecule has 2 fully saturated rings. The lowest BCUT2D eigenvalue weighted by molar-refractivity contribution is 0.0446. The number of β-amino-alcohol motifs (C(OH)–C–C–N with tert-alkyl or cyclic N) is 1. The lowest BCUT2D eigenvalue weighted by atomic mass is 9.90. The van der Waals surface area contributed by atoms with Crippen LogP contribution in [0.4, 0.5) is 5.82 Å². The number of piperidine rings is 1. The van der Waals surface area contributed by atoms with Crippen molar-refractivity contribution in [2.75, 3.05) is 37.7 Å². The van der Waals surface area contributed by atoms with Crippen molar-refractivity contribution in [1.82, 2.24) is 15.3 Å². The second-order valence-corrected chi connectivity index (χ2v) is 7.35. The van der Waals surface area contributed by atoms with E-state index in [1.807, 2.05) is 11.8 Å². The van der Waals surface area contributed by atoms with Gasteiger partial charge in [-0.25, -0.2) is 0 Å². The third kappa shape index (κ3) is 3.89. The zero-order valence-electron chi connectivity index (χ0n) is 13.8. The number of halogens is 1. The van der Waals surface area contributed by atoms with Crippen molar-refractivity contribution in [2.45, 2.75) is 31.8 Å². The molecule has 0 saturated carbocycles. The molecule has 0 bridgehead atoms. The second kappa shape index (κ2) is 6.71. The number of aromatic nitrogens is 2. The fourth-order valence-corrected chi connectivity index (χ4v) is 3.39. The molecule has 2 atom stereocenters. The normalized spacial score (nSPS) is 30.2. The van der Waals surface area contributed by atoms with E-state index in [0.717, 1.165) is 32.4 Å². The first-order chi connectivity index (χ1) is 11.4. The number of anilines is 1. The summed E-state index contributed by atoms with van der Waals surface area (Å²) in [6.45, 7) is 4.76. The Morgan fingerprint density at radius 2 is 2.33 bits per heavy atom. The van der Waals surface area contributed by atoms with Crippen molar-refractivity contribution >= 4 is 17.4 Å². The summed E-state index contributed by atoms with van der Waals surface area (Å²) in [6.07, 6.45) is 2.39. The Hall–Kier alpha value is -1.62. The van der Waals surface area contributed by atoms with Crippen LogP contribution in [0.1, 0.15) is 26.2 Å². The number of rotatable bonds is 4. The first-order valence-electron chi connectivity index (χ1n) is 8.18. The van der Waals surface area contributed by atoms with Gasteiger partial charge in [0.05, 0.1) is 11.7 Å². The molecular weight excluding hydrogens is 330 g/mol. The Balaban J connectivity index is 1.73. The molecule has 24 heavy (non-hydrogen) atoms. The van der Waals surface area contributed by atoms with Crippen LogP contribution in [0, 0.1) is 16.7 Å². The van der Waals surface area contributed by atoms with Gasteiger partial charge in [0, 0.05) is 25.7 Å². The predicted molar refractivity (Wildman–Crippen MR) is 90.1 cm³/mol. The Bertz CT molecular complexity index is 640. The largest absolute Gasteiger partial charge is 0.462 e. The molecule has 2 aliphatic rings. The average Bonchev–Trinajstić information content (AvgIpc) is 3.01. The van der Waals surface area contributed by atoms with Gasteiger partial charge >= 0.3 is 6.01 Å². The van der Waals surface area contributed by atoms with Gasteiger partial charge in [0.25, 0.3) is 0 Å². The summed E-state index contributed by atoms with van der Waals surface area (Å²) in [5, 5.41) is 23.1. The fourth-order valence-electron chi connectivity index (χ4n) is 3.22. The molecule has 0 aromatic carbocycles. The van der Waals surface area contributed by atoms with Crippen LogP contribution >= 0.6 is 11.6 Å². The molecule has 8 heteroatoms. The van der Waals surface area contributed by atoms with Gasteiger partial charge in [-0.15, -0.1) is 0 Å². The molecular formula is C16H22ClN5O2. The van der Waals surface area contributed by atoms with E-state index in [1.54, 1.807) is 6.07 Å². The molecule has 7 nitrogen and oxygen atoms in total. The Morgan fingerprint density at radius 1 is 1.50 bits per heavy atom. The van der Waals surface area contributed by atoms with Crippen molar-refractivity contribution < 1.29 is 9.84 Å². The average molecular weight is 352 g/mol. The number of nitriles is 1. The standard InChI is InChI=1S/C16H22ClN5O2/c1-15(23)3-2-6-22(10-15)13-7-12(17)20-14(21-13)24-11-16(8-18)4-5-19-9-16/h7,19,23H,2-6,9-11H2,1H3/t15-,16?/m1/s1. The first kappa shape index (κ1) is 17.2. The van der Waals surface area contributed by atoms with E-state index in [2.05, 4.69) is 21.4 Å². The van der Waals surface area contributed by atoms with Crippen LogP contribution in [-0.2, 0) is 0 Å². The minimum atomic E-state index is -0.739. The molecule has 0 spiro atoms. The molecule has 3 rings (SSSR count). The zero-order chi connectivity index (χ0) is 17.2. The second-order valence-electron chi connectivity index (χ2n) is 6.96. The van der Waals surface area contributed by atoms with Gasteiger partial charge in [0.15, 0.2) is 0 Å². The number of nitrogens with one attached hydrogen (secondary N) is 1. The van der Waals surface area contributed by atoms with Crippen molar-refractivity contribution in [3.63, 3.8) is 0 Å². The minimum absolute atomic E-state index is 0.171. The summed E-state index contributed by atoms with van der Waals surface area (Å²) in [6, 6.07) is 4.18. The Kier molecular flexibility index (Phi) is 4.81. The van der Waals surface area contributed by atoms with Gasteiger partial charge in [-0.05, 0) is 32.7 Å². The van der Waals surface area contributed by atoms with Crippen molar-refractivity contribution in [3.05, 3.63) is 11.2 Å². The third-order valence-corrected chi connectivity index (χ3v) is 4.81. The molecule has 2 aliphatic heterocycles. The third-order valence-electron chi connectivity index (χ3n) is 4.62. The van der Waals surface area contributed by atoms with Crippen molar-refractivity contribution in [2.24, 2.45) is 5.41 Å².